The van der Waals surface area contributed by atoms with Gasteiger partial charge >= 0.3 is 0 Å². The van der Waals surface area contributed by atoms with Crippen molar-refractivity contribution in [2.24, 2.45) is 5.92 Å². The third-order valence-corrected chi connectivity index (χ3v) is 6.33. The Kier molecular flexibility index (Phi) is 4.66. The second-order valence-electron chi connectivity index (χ2n) is 8.37. The molecule has 146 valence electrons. The molecule has 0 bridgehead atoms. The molecule has 2 amide bonds. The summed E-state index contributed by atoms with van der Waals surface area (Å²) in [5, 5.41) is 0. The molecule has 7 nitrogen and oxygen atoms in total. The second-order valence-corrected chi connectivity index (χ2v) is 8.37. The minimum absolute atomic E-state index is 0.0599. The van der Waals surface area contributed by atoms with Crippen molar-refractivity contribution in [3.63, 3.8) is 0 Å². The SMILES string of the molecule is Cc1nc([C@@]2(C)CCCN(C(=O)C3CCOCC3)C2)nc2c1CC(=O)N2C. The van der Waals surface area contributed by atoms with Crippen molar-refractivity contribution >= 4 is 17.6 Å². The van der Waals surface area contributed by atoms with Gasteiger partial charge in [0.05, 0.1) is 6.42 Å². The van der Waals surface area contributed by atoms with Gasteiger partial charge in [-0.1, -0.05) is 6.92 Å². The van der Waals surface area contributed by atoms with Crippen molar-refractivity contribution in [3.05, 3.63) is 17.1 Å². The van der Waals surface area contributed by atoms with E-state index in [1.54, 1.807) is 11.9 Å². The number of carbonyl (C=O) groups is 2. The highest BCUT2D eigenvalue weighted by molar-refractivity contribution is 6.00. The van der Waals surface area contributed by atoms with Gasteiger partial charge < -0.3 is 9.64 Å². The number of anilines is 1. The smallest absolute Gasteiger partial charge is 0.232 e. The number of likely N-dealkylation sites (tertiary alicyclic amines) is 1. The fourth-order valence-corrected chi connectivity index (χ4v) is 4.54. The summed E-state index contributed by atoms with van der Waals surface area (Å²) in [5.41, 5.74) is 1.52. The third kappa shape index (κ3) is 3.22. The molecule has 7 heteroatoms. The summed E-state index contributed by atoms with van der Waals surface area (Å²) in [6.45, 7) is 6.89. The zero-order valence-electron chi connectivity index (χ0n) is 16.5. The number of amides is 2. The summed E-state index contributed by atoms with van der Waals surface area (Å²) in [5.74, 6) is 1.87. The summed E-state index contributed by atoms with van der Waals surface area (Å²) in [6.07, 6.45) is 3.89. The van der Waals surface area contributed by atoms with Gasteiger partial charge in [0.25, 0.3) is 0 Å². The molecule has 2 fully saturated rings. The number of hydrogen-bond acceptors (Lipinski definition) is 5. The van der Waals surface area contributed by atoms with Gasteiger partial charge in [-0.05, 0) is 32.6 Å². The van der Waals surface area contributed by atoms with Crippen LogP contribution in [0.2, 0.25) is 0 Å². The van der Waals surface area contributed by atoms with Crippen LogP contribution in [0.15, 0.2) is 0 Å². The summed E-state index contributed by atoms with van der Waals surface area (Å²) < 4.78 is 5.40. The van der Waals surface area contributed by atoms with Crippen molar-refractivity contribution in [1.29, 1.82) is 0 Å². The molecule has 0 aliphatic carbocycles. The maximum atomic E-state index is 13.0. The first-order chi connectivity index (χ1) is 12.9. The molecule has 3 aliphatic heterocycles. The van der Waals surface area contributed by atoms with Gasteiger partial charge in [0.15, 0.2) is 0 Å². The van der Waals surface area contributed by atoms with E-state index in [2.05, 4.69) is 6.92 Å². The Labute approximate surface area is 160 Å². The normalized spacial score (nSPS) is 26.4. The predicted octanol–water partition coefficient (Wildman–Crippen LogP) is 1.61. The molecule has 0 N–H and O–H groups in total. The number of rotatable bonds is 2. The highest BCUT2D eigenvalue weighted by atomic mass is 16.5. The highest BCUT2D eigenvalue weighted by Gasteiger charge is 2.40. The monoisotopic (exact) mass is 372 g/mol. The quantitative estimate of drug-likeness (QED) is 0.788. The first-order valence-corrected chi connectivity index (χ1v) is 9.90. The van der Waals surface area contributed by atoms with Gasteiger partial charge in [0.2, 0.25) is 11.8 Å². The van der Waals surface area contributed by atoms with Gasteiger partial charge in [-0.25, -0.2) is 9.97 Å². The molecule has 4 heterocycles. The Hall–Kier alpha value is -2.02. The average Bonchev–Trinajstić information content (AvgIpc) is 2.97. The van der Waals surface area contributed by atoms with Crippen LogP contribution in [0.25, 0.3) is 0 Å². The van der Waals surface area contributed by atoms with Crippen LogP contribution in [0.4, 0.5) is 5.82 Å². The summed E-state index contributed by atoms with van der Waals surface area (Å²) in [7, 11) is 1.77. The molecular weight excluding hydrogens is 344 g/mol. The minimum Gasteiger partial charge on any atom is -0.381 e. The van der Waals surface area contributed by atoms with Gasteiger partial charge in [-0.15, -0.1) is 0 Å². The van der Waals surface area contributed by atoms with E-state index in [1.807, 2.05) is 11.8 Å². The van der Waals surface area contributed by atoms with Crippen molar-refractivity contribution in [2.45, 2.75) is 51.4 Å². The van der Waals surface area contributed by atoms with Gasteiger partial charge in [0, 0.05) is 55.9 Å². The zero-order valence-corrected chi connectivity index (χ0v) is 16.5. The van der Waals surface area contributed by atoms with E-state index in [1.165, 1.54) is 0 Å². The molecule has 1 aromatic rings. The number of likely N-dealkylation sites (N-methyl/N-ethyl adjacent to an activating group) is 1. The first kappa shape index (κ1) is 18.3. The van der Waals surface area contributed by atoms with Crippen LogP contribution in [0.3, 0.4) is 0 Å². The van der Waals surface area contributed by atoms with Crippen LogP contribution < -0.4 is 4.90 Å². The van der Waals surface area contributed by atoms with Crippen molar-refractivity contribution in [2.75, 3.05) is 38.3 Å². The van der Waals surface area contributed by atoms with Crippen LogP contribution in [0.1, 0.15) is 49.7 Å². The Morgan fingerprint density at radius 3 is 2.74 bits per heavy atom. The maximum Gasteiger partial charge on any atom is 0.232 e. The van der Waals surface area contributed by atoms with Crippen LogP contribution in [0, 0.1) is 12.8 Å². The van der Waals surface area contributed by atoms with Crippen LogP contribution in [-0.2, 0) is 26.2 Å². The Morgan fingerprint density at radius 1 is 1.26 bits per heavy atom. The van der Waals surface area contributed by atoms with Crippen LogP contribution in [-0.4, -0.2) is 60.0 Å². The lowest BCUT2D eigenvalue weighted by atomic mass is 9.80. The predicted molar refractivity (Wildman–Crippen MR) is 101 cm³/mol. The zero-order chi connectivity index (χ0) is 19.2. The average molecular weight is 372 g/mol. The van der Waals surface area contributed by atoms with Crippen molar-refractivity contribution < 1.29 is 14.3 Å². The lowest BCUT2D eigenvalue weighted by molar-refractivity contribution is -0.140. The standard InChI is InChI=1S/C20H28N4O3/c1-13-15-11-16(25)23(3)17(15)22-19(21-13)20(2)7-4-8-24(12-20)18(26)14-5-9-27-10-6-14/h14H,4-12H2,1-3H3/t20-/m0/s1. The summed E-state index contributed by atoms with van der Waals surface area (Å²) >= 11 is 0. The molecule has 0 radical (unpaired) electrons. The Bertz CT molecular complexity index is 775. The number of piperidine rings is 1. The van der Waals surface area contributed by atoms with E-state index in [9.17, 15) is 9.59 Å². The molecule has 4 rings (SSSR count). The molecule has 27 heavy (non-hydrogen) atoms. The topological polar surface area (TPSA) is 75.6 Å². The van der Waals surface area contributed by atoms with Gasteiger partial charge in [-0.2, -0.15) is 0 Å². The largest absolute Gasteiger partial charge is 0.381 e. The van der Waals surface area contributed by atoms with E-state index in [4.69, 9.17) is 14.7 Å². The lowest BCUT2D eigenvalue weighted by Gasteiger charge is -2.41. The maximum absolute atomic E-state index is 13.0. The first-order valence-electron chi connectivity index (χ1n) is 9.90. The molecule has 1 atom stereocenters. The number of aryl methyl sites for hydroxylation is 1. The van der Waals surface area contributed by atoms with Gasteiger partial charge in [0.1, 0.15) is 11.6 Å². The molecule has 3 aliphatic rings. The van der Waals surface area contributed by atoms with E-state index in [0.717, 1.165) is 55.1 Å². The molecule has 0 saturated carbocycles. The fourth-order valence-electron chi connectivity index (χ4n) is 4.54. The lowest BCUT2D eigenvalue weighted by Crippen LogP contribution is -2.50. The van der Waals surface area contributed by atoms with E-state index in [-0.39, 0.29) is 23.1 Å². The van der Waals surface area contributed by atoms with Crippen LogP contribution >= 0.6 is 0 Å². The van der Waals surface area contributed by atoms with Crippen molar-refractivity contribution in [3.8, 4) is 0 Å². The fraction of sp³-hybridized carbons (Fsp3) is 0.700. The molecule has 0 spiro atoms. The molecule has 2 saturated heterocycles. The summed E-state index contributed by atoms with van der Waals surface area (Å²) in [4.78, 5) is 38.2. The van der Waals surface area contributed by atoms with Crippen molar-refractivity contribution in [1.82, 2.24) is 14.9 Å². The van der Waals surface area contributed by atoms with Gasteiger partial charge in [-0.3, -0.25) is 14.5 Å². The third-order valence-electron chi connectivity index (χ3n) is 6.33. The summed E-state index contributed by atoms with van der Waals surface area (Å²) in [6, 6.07) is 0. The second kappa shape index (κ2) is 6.86. The number of carbonyl (C=O) groups excluding carboxylic acids is 2. The van der Waals surface area contributed by atoms with Crippen LogP contribution in [0.5, 0.6) is 0 Å². The Morgan fingerprint density at radius 2 is 2.00 bits per heavy atom. The molecular formula is C20H28N4O3. The number of hydrogen-bond donors (Lipinski definition) is 0. The highest BCUT2D eigenvalue weighted by Crippen LogP contribution is 2.36. The number of nitrogens with zero attached hydrogens (tertiary/aromatic N) is 4. The van der Waals surface area contributed by atoms with E-state index >= 15 is 0 Å². The van der Waals surface area contributed by atoms with E-state index < -0.39 is 0 Å². The number of ether oxygens (including phenoxy) is 1. The Balaban J connectivity index is 1.59. The van der Waals surface area contributed by atoms with E-state index in [0.29, 0.717) is 26.2 Å². The molecule has 0 unspecified atom stereocenters. The minimum atomic E-state index is -0.286. The molecule has 0 aromatic carbocycles. The number of fused-ring (bicyclic) bond motifs is 1. The number of aromatic nitrogens is 2. The molecule has 1 aromatic heterocycles.